The van der Waals surface area contributed by atoms with E-state index in [0.29, 0.717) is 24.6 Å². The van der Waals surface area contributed by atoms with Crippen LogP contribution in [0.4, 0.5) is 20.2 Å². The van der Waals surface area contributed by atoms with Gasteiger partial charge in [0.2, 0.25) is 5.91 Å². The minimum atomic E-state index is -0.834. The van der Waals surface area contributed by atoms with Gasteiger partial charge in [-0.15, -0.1) is 0 Å². The molecule has 4 nitrogen and oxygen atoms in total. The molecule has 6 heteroatoms. The molecule has 0 bridgehead atoms. The second kappa shape index (κ2) is 6.78. The van der Waals surface area contributed by atoms with Gasteiger partial charge < -0.3 is 10.2 Å². The van der Waals surface area contributed by atoms with Gasteiger partial charge in [-0.1, -0.05) is 0 Å². The van der Waals surface area contributed by atoms with Crippen molar-refractivity contribution in [3.05, 3.63) is 59.7 Å². The Labute approximate surface area is 138 Å². The number of rotatable bonds is 3. The monoisotopic (exact) mass is 330 g/mol. The van der Waals surface area contributed by atoms with E-state index in [1.54, 1.807) is 29.2 Å². The molecule has 1 aliphatic heterocycles. The van der Waals surface area contributed by atoms with Crippen molar-refractivity contribution in [1.29, 1.82) is 0 Å². The third-order valence-electron chi connectivity index (χ3n) is 3.94. The van der Waals surface area contributed by atoms with Crippen molar-refractivity contribution in [3.8, 4) is 0 Å². The molecule has 2 aromatic carbocycles. The topological polar surface area (TPSA) is 49.4 Å². The van der Waals surface area contributed by atoms with Crippen LogP contribution in [-0.4, -0.2) is 18.4 Å². The SMILES string of the molecule is O=C(Nc1ccc(F)cc1F)c1ccc(N2CCCCC2=O)cc1. The second-order valence-corrected chi connectivity index (χ2v) is 5.63. The molecule has 0 unspecified atom stereocenters. The molecule has 24 heavy (non-hydrogen) atoms. The number of nitrogens with zero attached hydrogens (tertiary/aromatic N) is 1. The molecule has 1 N–H and O–H groups in total. The Hall–Kier alpha value is -2.76. The van der Waals surface area contributed by atoms with Gasteiger partial charge in [0.15, 0.2) is 0 Å². The van der Waals surface area contributed by atoms with Gasteiger partial charge in [-0.3, -0.25) is 9.59 Å². The van der Waals surface area contributed by atoms with Crippen LogP contribution in [0, 0.1) is 11.6 Å². The maximum atomic E-state index is 13.6. The molecule has 1 saturated heterocycles. The summed E-state index contributed by atoms with van der Waals surface area (Å²) in [4.78, 5) is 25.7. The highest BCUT2D eigenvalue weighted by molar-refractivity contribution is 6.04. The van der Waals surface area contributed by atoms with Crippen LogP contribution in [0.3, 0.4) is 0 Å². The summed E-state index contributed by atoms with van der Waals surface area (Å²) in [5, 5.41) is 2.40. The summed E-state index contributed by atoms with van der Waals surface area (Å²) < 4.78 is 26.5. The lowest BCUT2D eigenvalue weighted by Crippen LogP contribution is -2.35. The molecule has 0 aromatic heterocycles. The van der Waals surface area contributed by atoms with Crippen LogP contribution in [-0.2, 0) is 4.79 Å². The average molecular weight is 330 g/mol. The Morgan fingerprint density at radius 2 is 1.79 bits per heavy atom. The van der Waals surface area contributed by atoms with E-state index in [0.717, 1.165) is 24.6 Å². The first-order valence-electron chi connectivity index (χ1n) is 7.71. The number of nitrogens with one attached hydrogen (secondary N) is 1. The maximum absolute atomic E-state index is 13.6. The van der Waals surface area contributed by atoms with Crippen molar-refractivity contribution in [2.75, 3.05) is 16.8 Å². The molecule has 0 saturated carbocycles. The van der Waals surface area contributed by atoms with Crippen LogP contribution in [0.5, 0.6) is 0 Å². The van der Waals surface area contributed by atoms with Crippen LogP contribution in [0.15, 0.2) is 42.5 Å². The molecule has 124 valence electrons. The normalized spacial score (nSPS) is 14.6. The highest BCUT2D eigenvalue weighted by atomic mass is 19.1. The highest BCUT2D eigenvalue weighted by Gasteiger charge is 2.19. The first-order chi connectivity index (χ1) is 11.5. The van der Waals surface area contributed by atoms with E-state index in [4.69, 9.17) is 0 Å². The van der Waals surface area contributed by atoms with E-state index in [9.17, 15) is 18.4 Å². The predicted molar refractivity (Wildman–Crippen MR) is 87.0 cm³/mol. The number of halogens is 2. The Kier molecular flexibility index (Phi) is 4.55. The van der Waals surface area contributed by atoms with Crippen LogP contribution in [0.2, 0.25) is 0 Å². The number of hydrogen-bond acceptors (Lipinski definition) is 2. The smallest absolute Gasteiger partial charge is 0.255 e. The van der Waals surface area contributed by atoms with E-state index in [1.165, 1.54) is 6.07 Å². The summed E-state index contributed by atoms with van der Waals surface area (Å²) in [7, 11) is 0. The molecule has 1 aliphatic rings. The standard InChI is InChI=1S/C18H16F2N2O2/c19-13-6-9-16(15(20)11-13)21-18(24)12-4-7-14(8-5-12)22-10-2-1-3-17(22)23/h4-9,11H,1-3,10H2,(H,21,24). The van der Waals surface area contributed by atoms with E-state index in [2.05, 4.69) is 5.32 Å². The summed E-state index contributed by atoms with van der Waals surface area (Å²) in [6.45, 7) is 0.672. The zero-order valence-electron chi connectivity index (χ0n) is 12.9. The third kappa shape index (κ3) is 3.42. The molecule has 0 aliphatic carbocycles. The van der Waals surface area contributed by atoms with Crippen molar-refractivity contribution in [2.24, 2.45) is 0 Å². The molecule has 0 atom stereocenters. The lowest BCUT2D eigenvalue weighted by atomic mass is 10.1. The van der Waals surface area contributed by atoms with Crippen LogP contribution in [0.25, 0.3) is 0 Å². The Bertz CT molecular complexity index is 775. The lowest BCUT2D eigenvalue weighted by Gasteiger charge is -2.26. The summed E-state index contributed by atoms with van der Waals surface area (Å²) in [6, 6.07) is 9.49. The summed E-state index contributed by atoms with van der Waals surface area (Å²) >= 11 is 0. The molecule has 2 amide bonds. The molecule has 1 heterocycles. The zero-order chi connectivity index (χ0) is 17.1. The van der Waals surface area contributed by atoms with Gasteiger partial charge in [0.25, 0.3) is 5.91 Å². The van der Waals surface area contributed by atoms with E-state index < -0.39 is 17.5 Å². The molecule has 3 rings (SSSR count). The number of piperidine rings is 1. The fourth-order valence-corrected chi connectivity index (χ4v) is 2.66. The number of carbonyl (C=O) groups is 2. The van der Waals surface area contributed by atoms with Crippen molar-refractivity contribution in [1.82, 2.24) is 0 Å². The molecule has 0 spiro atoms. The average Bonchev–Trinajstić information content (AvgIpc) is 2.58. The Morgan fingerprint density at radius 1 is 1.04 bits per heavy atom. The van der Waals surface area contributed by atoms with Gasteiger partial charge in [0.1, 0.15) is 11.6 Å². The predicted octanol–water partition coefficient (Wildman–Crippen LogP) is 3.73. The fraction of sp³-hybridized carbons (Fsp3) is 0.222. The minimum Gasteiger partial charge on any atom is -0.319 e. The lowest BCUT2D eigenvalue weighted by molar-refractivity contribution is -0.119. The summed E-state index contributed by atoms with van der Waals surface area (Å²) in [5.74, 6) is -1.97. The summed E-state index contributed by atoms with van der Waals surface area (Å²) in [6.07, 6.45) is 2.39. The Balaban J connectivity index is 1.73. The van der Waals surface area contributed by atoms with Crippen molar-refractivity contribution >= 4 is 23.2 Å². The molecular weight excluding hydrogens is 314 g/mol. The number of anilines is 2. The maximum Gasteiger partial charge on any atom is 0.255 e. The Morgan fingerprint density at radius 3 is 2.46 bits per heavy atom. The summed E-state index contributed by atoms with van der Waals surface area (Å²) in [5.41, 5.74) is 0.979. The van der Waals surface area contributed by atoms with Crippen LogP contribution in [0.1, 0.15) is 29.6 Å². The molecule has 1 fully saturated rings. The number of carbonyl (C=O) groups excluding carboxylic acids is 2. The van der Waals surface area contributed by atoms with E-state index in [-0.39, 0.29) is 11.6 Å². The first kappa shape index (κ1) is 16.1. The van der Waals surface area contributed by atoms with Gasteiger partial charge in [-0.2, -0.15) is 0 Å². The fourth-order valence-electron chi connectivity index (χ4n) is 2.66. The third-order valence-corrected chi connectivity index (χ3v) is 3.94. The zero-order valence-corrected chi connectivity index (χ0v) is 12.9. The van der Waals surface area contributed by atoms with Crippen LogP contribution < -0.4 is 10.2 Å². The van der Waals surface area contributed by atoms with Crippen molar-refractivity contribution in [2.45, 2.75) is 19.3 Å². The van der Waals surface area contributed by atoms with Gasteiger partial charge in [-0.25, -0.2) is 8.78 Å². The van der Waals surface area contributed by atoms with Gasteiger partial charge in [-0.05, 0) is 49.2 Å². The van der Waals surface area contributed by atoms with Gasteiger partial charge in [0, 0.05) is 30.3 Å². The molecular formula is C18H16F2N2O2. The number of hydrogen-bond donors (Lipinski definition) is 1. The second-order valence-electron chi connectivity index (χ2n) is 5.63. The van der Waals surface area contributed by atoms with Crippen molar-refractivity contribution < 1.29 is 18.4 Å². The van der Waals surface area contributed by atoms with Gasteiger partial charge >= 0.3 is 0 Å². The number of amides is 2. The van der Waals surface area contributed by atoms with Gasteiger partial charge in [0.05, 0.1) is 5.69 Å². The van der Waals surface area contributed by atoms with E-state index in [1.807, 2.05) is 0 Å². The van der Waals surface area contributed by atoms with E-state index >= 15 is 0 Å². The minimum absolute atomic E-state index is 0.0758. The van der Waals surface area contributed by atoms with Crippen LogP contribution >= 0.6 is 0 Å². The van der Waals surface area contributed by atoms with Crippen molar-refractivity contribution in [3.63, 3.8) is 0 Å². The highest BCUT2D eigenvalue weighted by Crippen LogP contribution is 2.22. The largest absolute Gasteiger partial charge is 0.319 e. The first-order valence-corrected chi connectivity index (χ1v) is 7.71. The quantitative estimate of drug-likeness (QED) is 0.932. The number of benzene rings is 2. The molecule has 0 radical (unpaired) electrons. The molecule has 2 aromatic rings.